The molecule has 0 aromatic rings. The van der Waals surface area contributed by atoms with Gasteiger partial charge in [-0.25, -0.2) is 0 Å². The van der Waals surface area contributed by atoms with Crippen LogP contribution in [-0.2, 0) is 19.1 Å². The van der Waals surface area contributed by atoms with Crippen molar-refractivity contribution >= 4 is 11.7 Å². The molecule has 2 aliphatic rings. The Morgan fingerprint density at radius 2 is 2.16 bits per heavy atom. The Hall–Kier alpha value is -1.89. The van der Waals surface area contributed by atoms with Crippen LogP contribution < -0.4 is 0 Å². The standard InChI is InChI=1S/C17H26N4O4/c1-4-6-12-16(22)11(3)9-21(17(12)23)15-8-13(19-20-18)14(25-15)10-24-7-5-2/h9,12-15H,4-8,10H2,1-3H3/t12?,13?,14-,15-/m1/s1. The summed E-state index contributed by atoms with van der Waals surface area (Å²) >= 11 is 0. The minimum atomic E-state index is -0.646. The second-order valence-electron chi connectivity index (χ2n) is 6.48. The summed E-state index contributed by atoms with van der Waals surface area (Å²) in [5, 5.41) is 3.79. The molecule has 0 bridgehead atoms. The molecule has 8 heteroatoms. The van der Waals surface area contributed by atoms with E-state index in [0.29, 0.717) is 31.6 Å². The van der Waals surface area contributed by atoms with Gasteiger partial charge in [0.25, 0.3) is 0 Å². The minimum Gasteiger partial charge on any atom is -0.379 e. The van der Waals surface area contributed by atoms with Crippen molar-refractivity contribution in [3.05, 3.63) is 22.2 Å². The van der Waals surface area contributed by atoms with Crippen molar-refractivity contribution < 1.29 is 19.1 Å². The van der Waals surface area contributed by atoms with Crippen LogP contribution in [0.2, 0.25) is 0 Å². The van der Waals surface area contributed by atoms with E-state index in [4.69, 9.17) is 15.0 Å². The molecule has 0 aromatic heterocycles. The molecule has 0 spiro atoms. The molecule has 25 heavy (non-hydrogen) atoms. The zero-order valence-corrected chi connectivity index (χ0v) is 15.1. The Morgan fingerprint density at radius 1 is 1.40 bits per heavy atom. The predicted octanol–water partition coefficient (Wildman–Crippen LogP) is 2.94. The molecule has 1 amide bonds. The van der Waals surface area contributed by atoms with Crippen molar-refractivity contribution in [1.29, 1.82) is 0 Å². The normalized spacial score (nSPS) is 29.6. The zero-order chi connectivity index (χ0) is 18.4. The molecule has 2 heterocycles. The largest absolute Gasteiger partial charge is 0.379 e. The fraction of sp³-hybridized carbons (Fsp3) is 0.765. The molecular formula is C17H26N4O4. The summed E-state index contributed by atoms with van der Waals surface area (Å²) in [4.78, 5) is 29.4. The summed E-state index contributed by atoms with van der Waals surface area (Å²) in [5.74, 6) is -1.00. The summed E-state index contributed by atoms with van der Waals surface area (Å²) < 4.78 is 11.5. The molecule has 0 N–H and O–H groups in total. The molecule has 0 saturated carbocycles. The molecule has 0 radical (unpaired) electrons. The highest BCUT2D eigenvalue weighted by molar-refractivity contribution is 6.12. The van der Waals surface area contributed by atoms with Crippen LogP contribution in [0.15, 0.2) is 16.9 Å². The summed E-state index contributed by atoms with van der Waals surface area (Å²) in [6.45, 7) is 6.59. The number of carbonyl (C=O) groups excluding carboxylic acids is 2. The Balaban J connectivity index is 2.15. The number of hydrogen-bond acceptors (Lipinski definition) is 5. The van der Waals surface area contributed by atoms with Crippen LogP contribution >= 0.6 is 0 Å². The van der Waals surface area contributed by atoms with E-state index in [0.717, 1.165) is 12.8 Å². The quantitative estimate of drug-likeness (QED) is 0.221. The van der Waals surface area contributed by atoms with Gasteiger partial charge in [0.2, 0.25) is 5.91 Å². The molecular weight excluding hydrogens is 324 g/mol. The van der Waals surface area contributed by atoms with Crippen LogP contribution in [0.3, 0.4) is 0 Å². The molecule has 138 valence electrons. The number of hydrogen-bond donors (Lipinski definition) is 0. The van der Waals surface area contributed by atoms with Gasteiger partial charge in [-0.05, 0) is 25.3 Å². The van der Waals surface area contributed by atoms with Crippen LogP contribution in [0.5, 0.6) is 0 Å². The lowest BCUT2D eigenvalue weighted by atomic mass is 9.90. The summed E-state index contributed by atoms with van der Waals surface area (Å²) in [7, 11) is 0. The van der Waals surface area contributed by atoms with Crippen molar-refractivity contribution in [2.45, 2.75) is 64.8 Å². The number of azide groups is 1. The van der Waals surface area contributed by atoms with Gasteiger partial charge < -0.3 is 9.47 Å². The third-order valence-electron chi connectivity index (χ3n) is 4.51. The molecule has 2 rings (SSSR count). The van der Waals surface area contributed by atoms with Gasteiger partial charge in [0.1, 0.15) is 12.1 Å². The van der Waals surface area contributed by atoms with E-state index in [1.54, 1.807) is 13.1 Å². The first-order chi connectivity index (χ1) is 12.0. The van der Waals surface area contributed by atoms with Gasteiger partial charge >= 0.3 is 0 Å². The maximum atomic E-state index is 12.7. The molecule has 2 aliphatic heterocycles. The third kappa shape index (κ3) is 4.39. The predicted molar refractivity (Wildman–Crippen MR) is 91.3 cm³/mol. The average molecular weight is 350 g/mol. The Labute approximate surface area is 147 Å². The maximum Gasteiger partial charge on any atom is 0.239 e. The van der Waals surface area contributed by atoms with Crippen molar-refractivity contribution in [2.24, 2.45) is 11.0 Å². The van der Waals surface area contributed by atoms with Crippen LogP contribution in [0.25, 0.3) is 10.4 Å². The van der Waals surface area contributed by atoms with E-state index in [1.807, 2.05) is 13.8 Å². The SMILES string of the molecule is CCCOC[C@H]1O[C@@H](N2C=C(C)C(=O)C(CCC)C2=O)CC1N=[N+]=[N-]. The number of Topliss-reactive ketones (excluding diaryl/α,β-unsaturated/α-hetero) is 1. The van der Waals surface area contributed by atoms with Gasteiger partial charge in [-0.3, -0.25) is 14.5 Å². The van der Waals surface area contributed by atoms with E-state index < -0.39 is 24.3 Å². The van der Waals surface area contributed by atoms with E-state index in [-0.39, 0.29) is 11.7 Å². The second-order valence-corrected chi connectivity index (χ2v) is 6.48. The lowest BCUT2D eigenvalue weighted by Crippen LogP contribution is -2.46. The first kappa shape index (κ1) is 19.4. The number of ketones is 1. The Bertz CT molecular complexity index is 585. The summed E-state index contributed by atoms with van der Waals surface area (Å²) in [6, 6.07) is -0.393. The molecule has 0 aliphatic carbocycles. The summed E-state index contributed by atoms with van der Waals surface area (Å²) in [5.41, 5.74) is 9.33. The number of rotatable bonds is 8. The third-order valence-corrected chi connectivity index (χ3v) is 4.51. The Morgan fingerprint density at radius 3 is 2.80 bits per heavy atom. The fourth-order valence-corrected chi connectivity index (χ4v) is 3.24. The van der Waals surface area contributed by atoms with E-state index in [1.165, 1.54) is 4.90 Å². The van der Waals surface area contributed by atoms with E-state index in [2.05, 4.69) is 10.0 Å². The van der Waals surface area contributed by atoms with Crippen molar-refractivity contribution in [1.82, 2.24) is 4.90 Å². The second kappa shape index (κ2) is 8.99. The smallest absolute Gasteiger partial charge is 0.239 e. The number of allylic oxidation sites excluding steroid dienone is 1. The molecule has 8 nitrogen and oxygen atoms in total. The van der Waals surface area contributed by atoms with E-state index >= 15 is 0 Å². The minimum absolute atomic E-state index is 0.115. The van der Waals surface area contributed by atoms with Crippen LogP contribution in [-0.4, -0.2) is 48.2 Å². The monoisotopic (exact) mass is 350 g/mol. The first-order valence-electron chi connectivity index (χ1n) is 8.85. The van der Waals surface area contributed by atoms with Gasteiger partial charge in [-0.15, -0.1) is 0 Å². The van der Waals surface area contributed by atoms with Gasteiger partial charge in [-0.2, -0.15) is 0 Å². The highest BCUT2D eigenvalue weighted by Gasteiger charge is 2.43. The van der Waals surface area contributed by atoms with Gasteiger partial charge in [0, 0.05) is 29.7 Å². The maximum absolute atomic E-state index is 12.7. The number of nitrogens with zero attached hydrogens (tertiary/aromatic N) is 4. The average Bonchev–Trinajstić information content (AvgIpc) is 2.98. The number of amides is 1. The zero-order valence-electron chi connectivity index (χ0n) is 15.1. The fourth-order valence-electron chi connectivity index (χ4n) is 3.24. The Kier molecular flexibility index (Phi) is 6.99. The molecule has 2 unspecified atom stereocenters. The first-order valence-corrected chi connectivity index (χ1v) is 8.85. The van der Waals surface area contributed by atoms with Crippen molar-refractivity contribution in [2.75, 3.05) is 13.2 Å². The molecule has 0 aromatic carbocycles. The van der Waals surface area contributed by atoms with Crippen LogP contribution in [0.4, 0.5) is 0 Å². The molecule has 4 atom stereocenters. The van der Waals surface area contributed by atoms with Crippen LogP contribution in [0.1, 0.15) is 46.5 Å². The van der Waals surface area contributed by atoms with Crippen molar-refractivity contribution in [3.63, 3.8) is 0 Å². The lowest BCUT2D eigenvalue weighted by Gasteiger charge is -2.33. The molecule has 1 fully saturated rings. The molecule has 1 saturated heterocycles. The lowest BCUT2D eigenvalue weighted by molar-refractivity contribution is -0.150. The van der Waals surface area contributed by atoms with Crippen LogP contribution in [0, 0.1) is 5.92 Å². The summed E-state index contributed by atoms with van der Waals surface area (Å²) in [6.07, 6.45) is 3.18. The van der Waals surface area contributed by atoms with Gasteiger partial charge in [-0.1, -0.05) is 25.4 Å². The topological polar surface area (TPSA) is 105 Å². The highest BCUT2D eigenvalue weighted by atomic mass is 16.6. The number of ether oxygens (including phenoxy) is 2. The number of carbonyl (C=O) groups is 2. The highest BCUT2D eigenvalue weighted by Crippen LogP contribution is 2.31. The van der Waals surface area contributed by atoms with E-state index in [9.17, 15) is 9.59 Å². The van der Waals surface area contributed by atoms with Gasteiger partial charge in [0.15, 0.2) is 5.78 Å². The van der Waals surface area contributed by atoms with Gasteiger partial charge in [0.05, 0.1) is 18.8 Å². The van der Waals surface area contributed by atoms with Crippen molar-refractivity contribution in [3.8, 4) is 0 Å².